The second-order valence-corrected chi connectivity index (χ2v) is 4.64. The first-order valence-corrected chi connectivity index (χ1v) is 5.84. The maximum atomic E-state index is 5.36. The molecule has 0 atom stereocenters. The third-order valence-electron chi connectivity index (χ3n) is 1.46. The molecule has 0 radical (unpaired) electrons. The molecule has 0 aliphatic heterocycles. The standard InChI is InChI=1S/C6H7N.C4H10O2Si.H2O/c7-6-4-2-1-3-5-6;1-4-7(5-2)6-3;/h1-5H,7H2;4,7H,1H2,2-3H3;1H2. The Bertz CT molecular complexity index is 240. The second-order valence-electron chi connectivity index (χ2n) is 2.49. The molecular formula is C10H19NO3Si. The van der Waals surface area contributed by atoms with Gasteiger partial charge in [-0.1, -0.05) is 23.9 Å². The molecule has 0 saturated carbocycles. The van der Waals surface area contributed by atoms with Crippen molar-refractivity contribution in [2.45, 2.75) is 0 Å². The van der Waals surface area contributed by atoms with Crippen molar-refractivity contribution in [1.82, 2.24) is 0 Å². The highest BCUT2D eigenvalue weighted by atomic mass is 28.3. The van der Waals surface area contributed by atoms with E-state index in [4.69, 9.17) is 14.6 Å². The van der Waals surface area contributed by atoms with E-state index in [2.05, 4.69) is 6.58 Å². The fraction of sp³-hybridized carbons (Fsp3) is 0.200. The lowest BCUT2D eigenvalue weighted by molar-refractivity contribution is 0.290. The summed E-state index contributed by atoms with van der Waals surface area (Å²) in [5.41, 5.74) is 7.90. The minimum Gasteiger partial charge on any atom is -0.412 e. The molecule has 0 aliphatic rings. The van der Waals surface area contributed by atoms with Crippen LogP contribution >= 0.6 is 0 Å². The fourth-order valence-corrected chi connectivity index (χ4v) is 1.32. The van der Waals surface area contributed by atoms with E-state index in [1.165, 1.54) is 0 Å². The fourth-order valence-electron chi connectivity index (χ4n) is 0.742. The third-order valence-corrected chi connectivity index (χ3v) is 2.77. The van der Waals surface area contributed by atoms with E-state index < -0.39 is 9.28 Å². The maximum absolute atomic E-state index is 5.36. The summed E-state index contributed by atoms with van der Waals surface area (Å²) in [5.74, 6) is 0. The molecule has 0 bridgehead atoms. The lowest BCUT2D eigenvalue weighted by Gasteiger charge is -2.01. The molecule has 1 aromatic rings. The van der Waals surface area contributed by atoms with E-state index in [9.17, 15) is 0 Å². The smallest absolute Gasteiger partial charge is 0.347 e. The highest BCUT2D eigenvalue weighted by Gasteiger charge is 1.98. The van der Waals surface area contributed by atoms with Gasteiger partial charge in [-0.15, -0.1) is 6.58 Å². The molecule has 0 heterocycles. The zero-order valence-electron chi connectivity index (χ0n) is 9.14. The van der Waals surface area contributed by atoms with Crippen LogP contribution in [-0.4, -0.2) is 29.0 Å². The molecule has 0 aromatic heterocycles. The van der Waals surface area contributed by atoms with E-state index in [0.29, 0.717) is 0 Å². The van der Waals surface area contributed by atoms with Crippen molar-refractivity contribution in [3.63, 3.8) is 0 Å². The third kappa shape index (κ3) is 9.17. The largest absolute Gasteiger partial charge is 0.412 e. The van der Waals surface area contributed by atoms with Crippen molar-refractivity contribution in [1.29, 1.82) is 0 Å². The molecule has 0 amide bonds. The van der Waals surface area contributed by atoms with Crippen LogP contribution in [0.2, 0.25) is 0 Å². The summed E-state index contributed by atoms with van der Waals surface area (Å²) in [6.45, 7) is 3.51. The van der Waals surface area contributed by atoms with Gasteiger partial charge in [0.1, 0.15) is 0 Å². The molecule has 0 spiro atoms. The molecule has 0 aliphatic carbocycles. The van der Waals surface area contributed by atoms with Gasteiger partial charge in [0.25, 0.3) is 0 Å². The lowest BCUT2D eigenvalue weighted by atomic mass is 10.3. The second kappa shape index (κ2) is 10.9. The summed E-state index contributed by atoms with van der Waals surface area (Å²) in [5, 5.41) is 0. The lowest BCUT2D eigenvalue weighted by Crippen LogP contribution is -2.14. The van der Waals surface area contributed by atoms with Gasteiger partial charge in [0.2, 0.25) is 0 Å². The highest BCUT2D eigenvalue weighted by molar-refractivity contribution is 6.50. The molecule has 4 N–H and O–H groups in total. The van der Waals surface area contributed by atoms with Crippen LogP contribution in [0.5, 0.6) is 0 Å². The first-order valence-electron chi connectivity index (χ1n) is 4.23. The predicted octanol–water partition coefficient (Wildman–Crippen LogP) is 0.669. The monoisotopic (exact) mass is 229 g/mol. The summed E-state index contributed by atoms with van der Waals surface area (Å²) in [4.78, 5) is 0. The van der Waals surface area contributed by atoms with Crippen LogP contribution in [-0.2, 0) is 8.85 Å². The Hall–Kier alpha value is -1.14. The number of nitrogens with two attached hydrogens (primary N) is 1. The SMILES string of the molecule is C=C[SiH](OC)OC.Nc1ccccc1.O. The molecular weight excluding hydrogens is 210 g/mol. The Labute approximate surface area is 92.5 Å². The normalized spacial score (nSPS) is 8.47. The zero-order valence-corrected chi connectivity index (χ0v) is 10.3. The van der Waals surface area contributed by atoms with E-state index >= 15 is 0 Å². The summed E-state index contributed by atoms with van der Waals surface area (Å²) in [6, 6.07) is 9.49. The van der Waals surface area contributed by atoms with Crippen LogP contribution in [0.25, 0.3) is 0 Å². The van der Waals surface area contributed by atoms with Crippen LogP contribution in [0.1, 0.15) is 0 Å². The van der Waals surface area contributed by atoms with Gasteiger partial charge in [0.05, 0.1) is 0 Å². The molecule has 1 rings (SSSR count). The van der Waals surface area contributed by atoms with E-state index in [0.717, 1.165) is 5.69 Å². The number of benzene rings is 1. The van der Waals surface area contributed by atoms with E-state index in [1.807, 2.05) is 30.3 Å². The minimum absolute atomic E-state index is 0. The number of rotatable bonds is 3. The van der Waals surface area contributed by atoms with Gasteiger partial charge < -0.3 is 20.1 Å². The average Bonchev–Trinajstić information content (AvgIpc) is 2.22. The van der Waals surface area contributed by atoms with E-state index in [-0.39, 0.29) is 5.48 Å². The van der Waals surface area contributed by atoms with Crippen molar-refractivity contribution in [2.24, 2.45) is 0 Å². The topological polar surface area (TPSA) is 76.0 Å². The van der Waals surface area contributed by atoms with Gasteiger partial charge >= 0.3 is 9.28 Å². The first kappa shape index (κ1) is 16.3. The quantitative estimate of drug-likeness (QED) is 0.611. The Morgan fingerprint density at radius 2 is 1.67 bits per heavy atom. The van der Waals surface area contributed by atoms with Gasteiger partial charge in [0, 0.05) is 19.9 Å². The highest BCUT2D eigenvalue weighted by Crippen LogP contribution is 1.95. The Kier molecular flexibility index (Phi) is 11.9. The maximum Gasteiger partial charge on any atom is 0.347 e. The average molecular weight is 229 g/mol. The van der Waals surface area contributed by atoms with Gasteiger partial charge in [-0.05, 0) is 12.1 Å². The summed E-state index contributed by atoms with van der Waals surface area (Å²) < 4.78 is 9.69. The first-order chi connectivity index (χ1) is 6.74. The number of nitrogen functional groups attached to an aromatic ring is 1. The zero-order chi connectivity index (χ0) is 10.8. The van der Waals surface area contributed by atoms with Crippen LogP contribution < -0.4 is 5.73 Å². The van der Waals surface area contributed by atoms with Crippen LogP contribution in [0.3, 0.4) is 0 Å². The molecule has 0 fully saturated rings. The molecule has 5 heteroatoms. The van der Waals surface area contributed by atoms with Crippen molar-refractivity contribution in [3.8, 4) is 0 Å². The van der Waals surface area contributed by atoms with Crippen molar-refractivity contribution >= 4 is 15.0 Å². The van der Waals surface area contributed by atoms with Crippen LogP contribution in [0.4, 0.5) is 5.69 Å². The number of hydrogen-bond acceptors (Lipinski definition) is 3. The Balaban J connectivity index is 0. The van der Waals surface area contributed by atoms with Crippen molar-refractivity contribution in [3.05, 3.63) is 42.6 Å². The molecule has 15 heavy (non-hydrogen) atoms. The van der Waals surface area contributed by atoms with Crippen LogP contribution in [0.15, 0.2) is 42.6 Å². The molecule has 0 saturated heterocycles. The number of para-hydroxylation sites is 1. The molecule has 0 unspecified atom stereocenters. The van der Waals surface area contributed by atoms with Crippen molar-refractivity contribution < 1.29 is 14.3 Å². The Morgan fingerprint density at radius 3 is 1.80 bits per heavy atom. The number of anilines is 1. The molecule has 1 aromatic carbocycles. The van der Waals surface area contributed by atoms with Gasteiger partial charge in [-0.3, -0.25) is 0 Å². The van der Waals surface area contributed by atoms with Gasteiger partial charge in [-0.25, -0.2) is 0 Å². The van der Waals surface area contributed by atoms with Crippen molar-refractivity contribution in [2.75, 3.05) is 20.0 Å². The summed E-state index contributed by atoms with van der Waals surface area (Å²) in [6.07, 6.45) is 0. The number of hydrogen-bond donors (Lipinski definition) is 1. The van der Waals surface area contributed by atoms with E-state index in [1.54, 1.807) is 19.9 Å². The summed E-state index contributed by atoms with van der Waals surface area (Å²) >= 11 is 0. The summed E-state index contributed by atoms with van der Waals surface area (Å²) in [7, 11) is 1.85. The molecule has 86 valence electrons. The van der Waals surface area contributed by atoms with Gasteiger partial charge in [0.15, 0.2) is 0 Å². The van der Waals surface area contributed by atoms with Gasteiger partial charge in [-0.2, -0.15) is 0 Å². The predicted molar refractivity (Wildman–Crippen MR) is 65.8 cm³/mol. The van der Waals surface area contributed by atoms with Crippen LogP contribution in [0, 0.1) is 0 Å². The minimum atomic E-state index is -1.41. The molecule has 4 nitrogen and oxygen atoms in total. The Morgan fingerprint density at radius 1 is 1.20 bits per heavy atom.